The van der Waals surface area contributed by atoms with Crippen LogP contribution >= 0.6 is 11.3 Å². The number of ketones is 1. The van der Waals surface area contributed by atoms with Gasteiger partial charge in [-0.2, -0.15) is 0 Å². The van der Waals surface area contributed by atoms with Crippen LogP contribution < -0.4 is 19.1 Å². The van der Waals surface area contributed by atoms with Crippen molar-refractivity contribution >= 4 is 28.7 Å². The van der Waals surface area contributed by atoms with Gasteiger partial charge in [0.2, 0.25) is 12.6 Å². The van der Waals surface area contributed by atoms with Gasteiger partial charge < -0.3 is 19.3 Å². The van der Waals surface area contributed by atoms with Crippen molar-refractivity contribution in [2.45, 2.75) is 39.8 Å². The van der Waals surface area contributed by atoms with E-state index in [4.69, 9.17) is 14.2 Å². The maximum atomic E-state index is 13.7. The van der Waals surface area contributed by atoms with Crippen LogP contribution in [0.2, 0.25) is 0 Å². The van der Waals surface area contributed by atoms with Crippen molar-refractivity contribution in [3.05, 3.63) is 74.9 Å². The van der Waals surface area contributed by atoms with Gasteiger partial charge in [0, 0.05) is 11.8 Å². The van der Waals surface area contributed by atoms with Crippen molar-refractivity contribution in [1.29, 1.82) is 0 Å². The highest BCUT2D eigenvalue weighted by Gasteiger charge is 2.45. The zero-order valence-corrected chi connectivity index (χ0v) is 20.5. The largest absolute Gasteiger partial charge is 0.503 e. The van der Waals surface area contributed by atoms with Crippen LogP contribution in [0.15, 0.2) is 53.8 Å². The van der Waals surface area contributed by atoms with Crippen LogP contribution in [0.3, 0.4) is 0 Å². The molecule has 0 spiro atoms. The predicted molar refractivity (Wildman–Crippen MR) is 131 cm³/mol. The number of aliphatic hydroxyl groups is 1. The summed E-state index contributed by atoms with van der Waals surface area (Å²) >= 11 is 1.24. The molecule has 2 aliphatic rings. The molecular weight excluding hydrogens is 468 g/mol. The average Bonchev–Trinajstić information content (AvgIpc) is 3.49. The van der Waals surface area contributed by atoms with E-state index < -0.39 is 23.5 Å². The number of rotatable bonds is 6. The molecule has 0 bridgehead atoms. The fourth-order valence-corrected chi connectivity index (χ4v) is 5.19. The second-order valence-electron chi connectivity index (χ2n) is 8.59. The summed E-state index contributed by atoms with van der Waals surface area (Å²) in [5.74, 6) is 0.0518. The summed E-state index contributed by atoms with van der Waals surface area (Å²) < 4.78 is 16.6. The van der Waals surface area contributed by atoms with Crippen molar-refractivity contribution in [3.63, 3.8) is 0 Å². The molecule has 1 N–H and O–H groups in total. The molecule has 2 aromatic carbocycles. The number of anilines is 1. The summed E-state index contributed by atoms with van der Waals surface area (Å²) in [6, 6.07) is 11.4. The molecule has 0 saturated carbocycles. The number of thiazole rings is 1. The average molecular weight is 493 g/mol. The zero-order valence-electron chi connectivity index (χ0n) is 19.7. The molecule has 0 fully saturated rings. The topological polar surface area (TPSA) is 98.2 Å². The van der Waals surface area contributed by atoms with Gasteiger partial charge in [-0.1, -0.05) is 12.1 Å². The number of carbonyl (C=O) groups is 2. The van der Waals surface area contributed by atoms with Gasteiger partial charge in [-0.15, -0.1) is 11.3 Å². The van der Waals surface area contributed by atoms with E-state index in [0.717, 1.165) is 5.01 Å². The van der Waals surface area contributed by atoms with Crippen LogP contribution in [0.25, 0.3) is 0 Å². The van der Waals surface area contributed by atoms with Gasteiger partial charge in [0.15, 0.2) is 17.3 Å². The molecule has 1 atom stereocenters. The molecular formula is C26H24N2O6S. The number of aliphatic hydroxyl groups excluding tert-OH is 1. The van der Waals surface area contributed by atoms with E-state index >= 15 is 0 Å². The first-order valence-electron chi connectivity index (χ1n) is 11.2. The minimum atomic E-state index is -0.856. The number of carbonyl (C=O) groups excluding carboxylic acids is 2. The molecule has 0 radical (unpaired) electrons. The minimum absolute atomic E-state index is 0.00216. The fraction of sp³-hybridized carbons (Fsp3) is 0.269. The van der Waals surface area contributed by atoms with Crippen LogP contribution in [0, 0.1) is 13.8 Å². The van der Waals surface area contributed by atoms with Gasteiger partial charge >= 0.3 is 0 Å². The highest BCUT2D eigenvalue weighted by Crippen LogP contribution is 2.45. The lowest BCUT2D eigenvalue weighted by molar-refractivity contribution is -0.117. The monoisotopic (exact) mass is 492 g/mol. The fourth-order valence-electron chi connectivity index (χ4n) is 4.32. The molecule has 0 aliphatic carbocycles. The summed E-state index contributed by atoms with van der Waals surface area (Å²) in [7, 11) is 0. The van der Waals surface area contributed by atoms with Crippen LogP contribution in [0.4, 0.5) is 5.69 Å². The van der Waals surface area contributed by atoms with Crippen molar-refractivity contribution in [2.75, 3.05) is 11.7 Å². The maximum Gasteiger partial charge on any atom is 0.294 e. The van der Waals surface area contributed by atoms with Gasteiger partial charge in [0.1, 0.15) is 5.75 Å². The third kappa shape index (κ3) is 4.01. The van der Waals surface area contributed by atoms with Crippen molar-refractivity contribution in [2.24, 2.45) is 0 Å². The number of fused-ring (bicyclic) bond motifs is 1. The Morgan fingerprint density at radius 2 is 1.86 bits per heavy atom. The molecule has 8 nitrogen and oxygen atoms in total. The van der Waals surface area contributed by atoms with Crippen molar-refractivity contribution < 1.29 is 28.9 Å². The first kappa shape index (κ1) is 22.9. The number of aryl methyl sites for hydroxylation is 2. The van der Waals surface area contributed by atoms with Crippen LogP contribution in [-0.4, -0.2) is 34.7 Å². The number of aromatic nitrogens is 1. The minimum Gasteiger partial charge on any atom is -0.503 e. The van der Waals surface area contributed by atoms with Crippen LogP contribution in [0.5, 0.6) is 17.2 Å². The second-order valence-corrected chi connectivity index (χ2v) is 9.79. The third-order valence-electron chi connectivity index (χ3n) is 5.76. The zero-order chi connectivity index (χ0) is 24.9. The molecule has 9 heteroatoms. The molecule has 0 saturated heterocycles. The van der Waals surface area contributed by atoms with E-state index in [-0.39, 0.29) is 18.5 Å². The predicted octanol–water partition coefficient (Wildman–Crippen LogP) is 5.06. The number of nitrogens with zero attached hydrogens (tertiary/aromatic N) is 2. The molecule has 3 aromatic rings. The molecule has 3 heterocycles. The summed E-state index contributed by atoms with van der Waals surface area (Å²) in [6.07, 6.45) is -0.00216. The summed E-state index contributed by atoms with van der Waals surface area (Å²) in [5.41, 5.74) is 1.69. The molecule has 35 heavy (non-hydrogen) atoms. The summed E-state index contributed by atoms with van der Waals surface area (Å²) in [4.78, 5) is 33.3. The SMILES string of the molecule is Cc1nc(C)c(C(=O)C2=C(O)C(=O)N(c3ccc4c(c3)OCO4)C2c2ccc(OC(C)C)cc2)s1. The normalized spacial score (nSPS) is 17.0. The number of benzene rings is 2. The van der Waals surface area contributed by atoms with Crippen LogP contribution in [0.1, 0.15) is 45.8 Å². The molecule has 1 unspecified atom stereocenters. The standard InChI is InChI=1S/C26H24N2O6S/c1-13(2)34-18-8-5-16(6-9-18)22-21(23(29)25-14(3)27-15(4)35-25)24(30)26(31)28(22)17-7-10-19-20(11-17)33-12-32-19/h5-11,13,22,30H,12H2,1-4H3. The second kappa shape index (κ2) is 8.74. The number of hydrogen-bond acceptors (Lipinski definition) is 8. The van der Waals surface area contributed by atoms with Gasteiger partial charge in [-0.3, -0.25) is 14.5 Å². The van der Waals surface area contributed by atoms with E-state index in [9.17, 15) is 14.7 Å². The lowest BCUT2D eigenvalue weighted by atomic mass is 9.94. The number of Topliss-reactive ketones (excluding diaryl/α,β-unsaturated/α-hetero) is 1. The maximum absolute atomic E-state index is 13.7. The molecule has 1 aromatic heterocycles. The van der Waals surface area contributed by atoms with E-state index in [1.165, 1.54) is 16.2 Å². The summed E-state index contributed by atoms with van der Waals surface area (Å²) in [5, 5.41) is 11.7. The Balaban J connectivity index is 1.62. The smallest absolute Gasteiger partial charge is 0.294 e. The van der Waals surface area contributed by atoms with Crippen LogP contribution in [-0.2, 0) is 4.79 Å². The Kier molecular flexibility index (Phi) is 5.72. The Morgan fingerprint density at radius 3 is 2.51 bits per heavy atom. The lowest BCUT2D eigenvalue weighted by Crippen LogP contribution is -2.31. The molecule has 2 aliphatic heterocycles. The highest BCUT2D eigenvalue weighted by molar-refractivity contribution is 7.14. The van der Waals surface area contributed by atoms with E-state index in [2.05, 4.69) is 4.98 Å². The number of amides is 1. The molecule has 5 rings (SSSR count). The lowest BCUT2D eigenvalue weighted by Gasteiger charge is -2.27. The Hall–Kier alpha value is -3.85. The Bertz CT molecular complexity index is 1360. The third-order valence-corrected chi connectivity index (χ3v) is 6.84. The van der Waals surface area contributed by atoms with E-state index in [1.54, 1.807) is 49.4 Å². The van der Waals surface area contributed by atoms with Gasteiger partial charge in [-0.05, 0) is 57.5 Å². The van der Waals surface area contributed by atoms with E-state index in [0.29, 0.717) is 39.1 Å². The first-order chi connectivity index (χ1) is 16.7. The Labute approximate surface area is 206 Å². The first-order valence-corrected chi connectivity index (χ1v) is 12.0. The number of hydrogen-bond donors (Lipinski definition) is 1. The Morgan fingerprint density at radius 1 is 1.14 bits per heavy atom. The van der Waals surface area contributed by atoms with Gasteiger partial charge in [-0.25, -0.2) is 4.98 Å². The van der Waals surface area contributed by atoms with E-state index in [1.807, 2.05) is 20.8 Å². The molecule has 180 valence electrons. The number of ether oxygens (including phenoxy) is 3. The van der Waals surface area contributed by atoms with Gasteiger partial charge in [0.05, 0.1) is 33.3 Å². The van der Waals surface area contributed by atoms with Gasteiger partial charge in [0.25, 0.3) is 5.91 Å². The highest BCUT2D eigenvalue weighted by atomic mass is 32.1. The molecule has 1 amide bonds. The van der Waals surface area contributed by atoms with Crippen molar-refractivity contribution in [1.82, 2.24) is 4.98 Å². The van der Waals surface area contributed by atoms with Crippen molar-refractivity contribution in [3.8, 4) is 17.2 Å². The summed E-state index contributed by atoms with van der Waals surface area (Å²) in [6.45, 7) is 7.51. The quantitative estimate of drug-likeness (QED) is 0.480.